The van der Waals surface area contributed by atoms with Crippen LogP contribution in [0.1, 0.15) is 11.4 Å². The Kier molecular flexibility index (Phi) is 7.57. The Balaban J connectivity index is 1.66. The van der Waals surface area contributed by atoms with Crippen molar-refractivity contribution in [1.29, 1.82) is 0 Å². The molecule has 0 aliphatic rings. The predicted octanol–water partition coefficient (Wildman–Crippen LogP) is 6.39. The molecule has 0 radical (unpaired) electrons. The van der Waals surface area contributed by atoms with Crippen molar-refractivity contribution < 1.29 is 0 Å². The van der Waals surface area contributed by atoms with Gasteiger partial charge < -0.3 is 0 Å². The summed E-state index contributed by atoms with van der Waals surface area (Å²) in [6.07, 6.45) is 3.00. The van der Waals surface area contributed by atoms with Crippen LogP contribution in [-0.4, -0.2) is 11.1 Å². The fourth-order valence-electron chi connectivity index (χ4n) is 4.32. The minimum Gasteiger partial charge on any atom is -0.261 e. The molecule has 34 heavy (non-hydrogen) atoms. The molecule has 0 N–H and O–H groups in total. The first-order valence-corrected chi connectivity index (χ1v) is 14.5. The zero-order chi connectivity index (χ0) is 23.0. The maximum absolute atomic E-state index is 4.92. The lowest BCUT2D eigenvalue weighted by Crippen LogP contribution is -2.23. The van der Waals surface area contributed by atoms with Gasteiger partial charge in [-0.25, -0.2) is 0 Å². The molecule has 166 valence electrons. The molecule has 3 heteroatoms. The minimum absolute atomic E-state index is 0.299. The molecule has 1 nitrogen and oxygen atoms in total. The van der Waals surface area contributed by atoms with Crippen LogP contribution in [-0.2, 0) is 0 Å². The van der Waals surface area contributed by atoms with E-state index < -0.39 is 15.8 Å². The normalized spacial score (nSPS) is 12.1. The van der Waals surface area contributed by atoms with Crippen molar-refractivity contribution in [2.24, 2.45) is 0 Å². The highest BCUT2D eigenvalue weighted by molar-refractivity contribution is 7.76. The lowest BCUT2D eigenvalue weighted by molar-refractivity contribution is 1.01. The molecule has 1 heterocycles. The number of aromatic nitrogens is 1. The fraction of sp³-hybridized carbons (Fsp3) is 0.0645. The first-order chi connectivity index (χ1) is 16.9. The highest BCUT2D eigenvalue weighted by atomic mass is 31.1. The van der Waals surface area contributed by atoms with Gasteiger partial charge in [0.2, 0.25) is 0 Å². The summed E-state index contributed by atoms with van der Waals surface area (Å²) in [6.45, 7) is 0. The van der Waals surface area contributed by atoms with E-state index in [0.29, 0.717) is 5.66 Å². The first kappa shape index (κ1) is 22.7. The molecule has 4 aromatic carbocycles. The molecular weight excluding hydrogens is 448 g/mol. The predicted molar refractivity (Wildman–Crippen MR) is 150 cm³/mol. The summed E-state index contributed by atoms with van der Waals surface area (Å²) in [6, 6.07) is 50.5. The highest BCUT2D eigenvalue weighted by Gasteiger charge is 2.30. The largest absolute Gasteiger partial charge is 0.261 e. The molecule has 0 spiro atoms. The van der Waals surface area contributed by atoms with E-state index in [0.717, 1.165) is 6.16 Å². The Hall–Kier alpha value is -3.11. The van der Waals surface area contributed by atoms with Gasteiger partial charge in [-0.2, -0.15) is 0 Å². The Labute approximate surface area is 205 Å². The third kappa shape index (κ3) is 5.34. The molecule has 5 rings (SSSR count). The maximum Gasteiger partial charge on any atom is 0.0487 e. The lowest BCUT2D eigenvalue weighted by Gasteiger charge is -2.32. The molecular formula is C31H27NP2. The SMILES string of the molecule is c1ccc(P(CC(c2ccccn2)P(c2ccccc2)c2ccccc2)c2ccccc2)cc1. The van der Waals surface area contributed by atoms with E-state index in [4.69, 9.17) is 4.98 Å². The Morgan fingerprint density at radius 3 is 1.29 bits per heavy atom. The van der Waals surface area contributed by atoms with Gasteiger partial charge in [0.05, 0.1) is 0 Å². The number of benzene rings is 4. The van der Waals surface area contributed by atoms with E-state index in [1.54, 1.807) is 0 Å². The van der Waals surface area contributed by atoms with E-state index in [1.807, 2.05) is 12.3 Å². The van der Waals surface area contributed by atoms with Crippen molar-refractivity contribution in [1.82, 2.24) is 4.98 Å². The molecule has 1 atom stereocenters. The van der Waals surface area contributed by atoms with Crippen molar-refractivity contribution in [3.05, 3.63) is 151 Å². The summed E-state index contributed by atoms with van der Waals surface area (Å²) in [5.74, 6) is 0. The van der Waals surface area contributed by atoms with Gasteiger partial charge in [-0.1, -0.05) is 127 Å². The monoisotopic (exact) mass is 475 g/mol. The van der Waals surface area contributed by atoms with Gasteiger partial charge in [0, 0.05) is 17.5 Å². The van der Waals surface area contributed by atoms with Crippen LogP contribution in [0.15, 0.2) is 146 Å². The van der Waals surface area contributed by atoms with Crippen molar-refractivity contribution in [3.63, 3.8) is 0 Å². The van der Waals surface area contributed by atoms with Gasteiger partial charge >= 0.3 is 0 Å². The number of pyridine rings is 1. The van der Waals surface area contributed by atoms with E-state index in [-0.39, 0.29) is 0 Å². The molecule has 0 amide bonds. The molecule has 0 aliphatic carbocycles. The van der Waals surface area contributed by atoms with Crippen LogP contribution in [0.2, 0.25) is 0 Å². The Morgan fingerprint density at radius 2 is 0.882 bits per heavy atom. The third-order valence-corrected chi connectivity index (χ3v) is 11.5. The number of hydrogen-bond donors (Lipinski definition) is 0. The first-order valence-electron chi connectivity index (χ1n) is 11.6. The van der Waals surface area contributed by atoms with E-state index in [2.05, 4.69) is 133 Å². The van der Waals surface area contributed by atoms with Crippen LogP contribution in [0, 0.1) is 0 Å². The van der Waals surface area contributed by atoms with Crippen molar-refractivity contribution in [2.75, 3.05) is 6.16 Å². The van der Waals surface area contributed by atoms with Crippen LogP contribution >= 0.6 is 15.8 Å². The van der Waals surface area contributed by atoms with Gasteiger partial charge in [0.25, 0.3) is 0 Å². The highest BCUT2D eigenvalue weighted by Crippen LogP contribution is 2.54. The van der Waals surface area contributed by atoms with E-state index >= 15 is 0 Å². The van der Waals surface area contributed by atoms with E-state index in [1.165, 1.54) is 26.9 Å². The van der Waals surface area contributed by atoms with Gasteiger partial charge in [0.1, 0.15) is 0 Å². The molecule has 0 saturated heterocycles. The summed E-state index contributed by atoms with van der Waals surface area (Å²) < 4.78 is 0. The smallest absolute Gasteiger partial charge is 0.0487 e. The van der Waals surface area contributed by atoms with Crippen LogP contribution in [0.4, 0.5) is 0 Å². The molecule has 0 saturated carbocycles. The van der Waals surface area contributed by atoms with Gasteiger partial charge in [0.15, 0.2) is 0 Å². The quantitative estimate of drug-likeness (QED) is 0.237. The lowest BCUT2D eigenvalue weighted by atomic mass is 10.3. The second-order valence-electron chi connectivity index (χ2n) is 8.09. The standard InChI is InChI=1S/C31H27NP2/c1-5-15-26(16-6-1)33(27-17-7-2-8-18-27)25-31(30-23-13-14-24-32-30)34(28-19-9-3-10-20-28)29-21-11-4-12-22-29/h1-24,31H,25H2. The topological polar surface area (TPSA) is 12.9 Å². The summed E-state index contributed by atoms with van der Waals surface area (Å²) in [4.78, 5) is 4.92. The van der Waals surface area contributed by atoms with Crippen LogP contribution in [0.3, 0.4) is 0 Å². The second kappa shape index (κ2) is 11.3. The average Bonchev–Trinajstić information content (AvgIpc) is 2.93. The maximum atomic E-state index is 4.92. The third-order valence-electron chi connectivity index (χ3n) is 5.90. The van der Waals surface area contributed by atoms with Gasteiger partial charge in [-0.3, -0.25) is 4.98 Å². The molecule has 0 bridgehead atoms. The Bertz CT molecular complexity index is 1180. The summed E-state index contributed by atoms with van der Waals surface area (Å²) in [5, 5.41) is 5.63. The molecule has 5 aromatic rings. The Morgan fingerprint density at radius 1 is 0.471 bits per heavy atom. The number of nitrogens with zero attached hydrogens (tertiary/aromatic N) is 1. The zero-order valence-electron chi connectivity index (χ0n) is 19.0. The second-order valence-corrected chi connectivity index (χ2v) is 12.7. The van der Waals surface area contributed by atoms with Crippen molar-refractivity contribution in [3.8, 4) is 0 Å². The summed E-state index contributed by atoms with van der Waals surface area (Å²) >= 11 is 0. The van der Waals surface area contributed by atoms with Crippen molar-refractivity contribution in [2.45, 2.75) is 5.66 Å². The van der Waals surface area contributed by atoms with Gasteiger partial charge in [-0.15, -0.1) is 0 Å². The van der Waals surface area contributed by atoms with Crippen LogP contribution < -0.4 is 21.2 Å². The van der Waals surface area contributed by atoms with Crippen LogP contribution in [0.5, 0.6) is 0 Å². The molecule has 0 fully saturated rings. The van der Waals surface area contributed by atoms with Crippen molar-refractivity contribution >= 4 is 37.1 Å². The molecule has 1 aromatic heterocycles. The molecule has 0 aliphatic heterocycles. The van der Waals surface area contributed by atoms with Crippen LogP contribution in [0.25, 0.3) is 0 Å². The number of hydrogen-bond acceptors (Lipinski definition) is 1. The number of rotatable bonds is 8. The fourth-order valence-corrected chi connectivity index (χ4v) is 10.2. The zero-order valence-corrected chi connectivity index (χ0v) is 20.8. The summed E-state index contributed by atoms with van der Waals surface area (Å²) in [7, 11) is -1.20. The van der Waals surface area contributed by atoms with E-state index in [9.17, 15) is 0 Å². The molecule has 1 unspecified atom stereocenters. The summed E-state index contributed by atoms with van der Waals surface area (Å²) in [5.41, 5.74) is 1.48. The average molecular weight is 476 g/mol. The van der Waals surface area contributed by atoms with Gasteiger partial charge in [-0.05, 0) is 55.4 Å². The minimum atomic E-state index is -0.650.